The lowest BCUT2D eigenvalue weighted by Gasteiger charge is -2.33. The van der Waals surface area contributed by atoms with E-state index in [1.807, 2.05) is 30.3 Å². The molecule has 2 aliphatic rings. The first-order valence-electron chi connectivity index (χ1n) is 10.5. The van der Waals surface area contributed by atoms with E-state index in [9.17, 15) is 18.5 Å². The Kier molecular flexibility index (Phi) is 4.45. The zero-order valence-corrected chi connectivity index (χ0v) is 19.0. The number of benzene rings is 2. The number of sulfonamides is 1. The van der Waals surface area contributed by atoms with Crippen LogP contribution in [-0.4, -0.2) is 42.8 Å². The fourth-order valence-corrected chi connectivity index (χ4v) is 5.70. The second kappa shape index (κ2) is 6.89. The van der Waals surface area contributed by atoms with Crippen LogP contribution < -0.4 is 0 Å². The van der Waals surface area contributed by atoms with Gasteiger partial charge in [-0.3, -0.25) is 4.79 Å². The molecule has 6 nitrogen and oxygen atoms in total. The highest BCUT2D eigenvalue weighted by Gasteiger charge is 2.39. The van der Waals surface area contributed by atoms with Crippen LogP contribution in [0, 0.1) is 11.3 Å². The van der Waals surface area contributed by atoms with Crippen LogP contribution in [0.3, 0.4) is 0 Å². The van der Waals surface area contributed by atoms with E-state index < -0.39 is 15.4 Å². The molecule has 0 saturated heterocycles. The third-order valence-corrected chi connectivity index (χ3v) is 8.00. The number of nitrogens with one attached hydrogen (secondary N) is 1. The zero-order valence-electron chi connectivity index (χ0n) is 18.2. The Morgan fingerprint density at radius 2 is 1.94 bits per heavy atom. The maximum absolute atomic E-state index is 13.7. The number of H-pyrrole nitrogens is 1. The summed E-state index contributed by atoms with van der Waals surface area (Å²) in [5, 5.41) is 10.1. The summed E-state index contributed by atoms with van der Waals surface area (Å²) in [6, 6.07) is 13.5. The molecule has 0 unspecified atom stereocenters. The lowest BCUT2D eigenvalue weighted by atomic mass is 9.70. The van der Waals surface area contributed by atoms with Crippen molar-refractivity contribution in [3.63, 3.8) is 0 Å². The molecule has 2 aromatic carbocycles. The Morgan fingerprint density at radius 1 is 1.16 bits per heavy atom. The highest BCUT2D eigenvalue weighted by Crippen LogP contribution is 2.44. The number of aromatic nitrogens is 1. The van der Waals surface area contributed by atoms with Gasteiger partial charge >= 0.3 is 0 Å². The Balaban J connectivity index is 1.61. The molecule has 1 aliphatic carbocycles. The van der Waals surface area contributed by atoms with Crippen molar-refractivity contribution in [1.82, 2.24) is 9.29 Å². The third kappa shape index (κ3) is 3.02. The summed E-state index contributed by atoms with van der Waals surface area (Å²) in [6.45, 7) is 4.98. The van der Waals surface area contributed by atoms with Crippen LogP contribution in [-0.2, 0) is 15.4 Å². The summed E-state index contributed by atoms with van der Waals surface area (Å²) < 4.78 is 25.1. The van der Waals surface area contributed by atoms with Gasteiger partial charge in [0.05, 0.1) is 23.5 Å². The van der Waals surface area contributed by atoms with E-state index in [-0.39, 0.29) is 5.78 Å². The molecule has 1 aliphatic heterocycles. The SMILES string of the molecule is CC1(C)c2ccc(C3=CCN(S(C)(=O)=O)CC3)cc2C(=O)c2c1[nH]c1cc(C#N)ccc21. The number of ketones is 1. The molecule has 0 atom stereocenters. The molecule has 0 amide bonds. The molecule has 7 heteroatoms. The van der Waals surface area contributed by atoms with Gasteiger partial charge in [0.2, 0.25) is 10.0 Å². The minimum Gasteiger partial charge on any atom is -0.357 e. The van der Waals surface area contributed by atoms with Crippen molar-refractivity contribution in [3.8, 4) is 6.07 Å². The molecular weight excluding hydrogens is 422 g/mol. The molecule has 1 aromatic heterocycles. The second-order valence-corrected chi connectivity index (χ2v) is 11.0. The van der Waals surface area contributed by atoms with Crippen molar-refractivity contribution in [2.75, 3.05) is 19.3 Å². The van der Waals surface area contributed by atoms with Crippen LogP contribution in [0.15, 0.2) is 42.5 Å². The summed E-state index contributed by atoms with van der Waals surface area (Å²) in [5.41, 5.74) is 6.12. The Labute approximate surface area is 187 Å². The number of rotatable bonds is 2. The predicted octanol–water partition coefficient (Wildman–Crippen LogP) is 3.96. The first kappa shape index (κ1) is 20.7. The maximum atomic E-state index is 13.7. The molecule has 2 heterocycles. The van der Waals surface area contributed by atoms with Crippen molar-refractivity contribution < 1.29 is 13.2 Å². The first-order valence-corrected chi connectivity index (χ1v) is 12.4. The van der Waals surface area contributed by atoms with Crippen molar-refractivity contribution in [2.45, 2.75) is 25.7 Å². The molecule has 32 heavy (non-hydrogen) atoms. The first-order chi connectivity index (χ1) is 15.1. The van der Waals surface area contributed by atoms with E-state index in [1.165, 1.54) is 10.6 Å². The van der Waals surface area contributed by atoms with Gasteiger partial charge in [0.15, 0.2) is 5.78 Å². The Hall–Kier alpha value is -3.21. The molecule has 0 fully saturated rings. The Bertz CT molecular complexity index is 1490. The van der Waals surface area contributed by atoms with Crippen LogP contribution in [0.25, 0.3) is 16.5 Å². The van der Waals surface area contributed by atoms with E-state index in [0.29, 0.717) is 36.2 Å². The molecule has 162 valence electrons. The second-order valence-electron chi connectivity index (χ2n) is 9.06. The fourth-order valence-electron chi connectivity index (χ4n) is 4.93. The van der Waals surface area contributed by atoms with Crippen LogP contribution >= 0.6 is 0 Å². The van der Waals surface area contributed by atoms with Crippen molar-refractivity contribution in [2.24, 2.45) is 0 Å². The number of hydrogen-bond donors (Lipinski definition) is 1. The van der Waals surface area contributed by atoms with Gasteiger partial charge in [-0.1, -0.05) is 38.1 Å². The zero-order chi connectivity index (χ0) is 22.8. The number of aromatic amines is 1. The molecule has 3 aromatic rings. The van der Waals surface area contributed by atoms with Crippen LogP contribution in [0.1, 0.15) is 58.6 Å². The third-order valence-electron chi connectivity index (χ3n) is 6.73. The topological polar surface area (TPSA) is 94.0 Å². The number of nitrogens with zero attached hydrogens (tertiary/aromatic N) is 2. The van der Waals surface area contributed by atoms with E-state index >= 15 is 0 Å². The predicted molar refractivity (Wildman–Crippen MR) is 124 cm³/mol. The summed E-state index contributed by atoms with van der Waals surface area (Å²) >= 11 is 0. The molecule has 0 spiro atoms. The van der Waals surface area contributed by atoms with Gasteiger partial charge in [0.25, 0.3) is 0 Å². The van der Waals surface area contributed by atoms with Crippen LogP contribution in [0.4, 0.5) is 0 Å². The van der Waals surface area contributed by atoms with Gasteiger partial charge in [-0.15, -0.1) is 0 Å². The summed E-state index contributed by atoms with van der Waals surface area (Å²) in [5.74, 6) is -0.0266. The fraction of sp³-hybridized carbons (Fsp3) is 0.280. The van der Waals surface area contributed by atoms with Crippen LogP contribution in [0.5, 0.6) is 0 Å². The average Bonchev–Trinajstić information content (AvgIpc) is 3.17. The van der Waals surface area contributed by atoms with E-state index in [0.717, 1.165) is 33.3 Å². The normalized spacial score (nSPS) is 18.1. The molecule has 0 saturated carbocycles. The van der Waals surface area contributed by atoms with Crippen molar-refractivity contribution in [3.05, 3.63) is 76.0 Å². The minimum absolute atomic E-state index is 0.0266. The van der Waals surface area contributed by atoms with E-state index in [2.05, 4.69) is 24.9 Å². The van der Waals surface area contributed by atoms with E-state index in [1.54, 1.807) is 12.1 Å². The Morgan fingerprint density at radius 3 is 2.59 bits per heavy atom. The van der Waals surface area contributed by atoms with Gasteiger partial charge < -0.3 is 4.98 Å². The number of hydrogen-bond acceptors (Lipinski definition) is 4. The summed E-state index contributed by atoms with van der Waals surface area (Å²) in [4.78, 5) is 17.1. The van der Waals surface area contributed by atoms with Crippen molar-refractivity contribution in [1.29, 1.82) is 5.26 Å². The summed E-state index contributed by atoms with van der Waals surface area (Å²) in [7, 11) is -3.21. The van der Waals surface area contributed by atoms with Gasteiger partial charge in [-0.05, 0) is 41.3 Å². The lowest BCUT2D eigenvalue weighted by molar-refractivity contribution is 0.103. The average molecular weight is 446 g/mol. The van der Waals surface area contributed by atoms with Crippen LogP contribution in [0.2, 0.25) is 0 Å². The number of carbonyl (C=O) groups excluding carboxylic acids is 1. The standard InChI is InChI=1S/C25H23N3O3S/c1-25(2)20-7-5-17(16-8-10-28(11-9-16)32(3,30)31)13-19(20)23(29)22-18-6-4-15(14-26)12-21(18)27-24(22)25/h4-8,12-13,27H,9-11H2,1-3H3. The maximum Gasteiger partial charge on any atom is 0.211 e. The molecule has 0 bridgehead atoms. The highest BCUT2D eigenvalue weighted by molar-refractivity contribution is 7.88. The number of carbonyl (C=O) groups is 1. The van der Waals surface area contributed by atoms with Gasteiger partial charge in [0, 0.05) is 40.7 Å². The van der Waals surface area contributed by atoms with Crippen molar-refractivity contribution >= 4 is 32.3 Å². The highest BCUT2D eigenvalue weighted by atomic mass is 32.2. The lowest BCUT2D eigenvalue weighted by Crippen LogP contribution is -2.33. The number of nitriles is 1. The van der Waals surface area contributed by atoms with Gasteiger partial charge in [-0.25, -0.2) is 8.42 Å². The number of fused-ring (bicyclic) bond motifs is 4. The molecular formula is C25H23N3O3S. The molecule has 0 radical (unpaired) electrons. The minimum atomic E-state index is -3.21. The smallest absolute Gasteiger partial charge is 0.211 e. The summed E-state index contributed by atoms with van der Waals surface area (Å²) in [6.07, 6.45) is 3.77. The van der Waals surface area contributed by atoms with E-state index in [4.69, 9.17) is 0 Å². The van der Waals surface area contributed by atoms with Gasteiger partial charge in [0.1, 0.15) is 0 Å². The van der Waals surface area contributed by atoms with Gasteiger partial charge in [-0.2, -0.15) is 9.57 Å². The largest absolute Gasteiger partial charge is 0.357 e. The molecule has 5 rings (SSSR count). The quantitative estimate of drug-likeness (QED) is 0.646. The monoisotopic (exact) mass is 445 g/mol. The molecule has 1 N–H and O–H groups in total.